The summed E-state index contributed by atoms with van der Waals surface area (Å²) in [7, 11) is 0. The van der Waals surface area contributed by atoms with Crippen LogP contribution in [-0.4, -0.2) is 30.3 Å². The summed E-state index contributed by atoms with van der Waals surface area (Å²) in [5.41, 5.74) is 6.22. The Morgan fingerprint density at radius 3 is 2.56 bits per heavy atom. The molecule has 2 fully saturated rings. The van der Waals surface area contributed by atoms with Crippen LogP contribution in [0.5, 0.6) is 0 Å². The lowest BCUT2D eigenvalue weighted by atomic mass is 9.86. The van der Waals surface area contributed by atoms with E-state index in [4.69, 9.17) is 5.73 Å². The van der Waals surface area contributed by atoms with Crippen LogP contribution in [0.3, 0.4) is 0 Å². The summed E-state index contributed by atoms with van der Waals surface area (Å²) in [5.74, 6) is 1.30. The molecule has 16 heavy (non-hydrogen) atoms. The molecule has 2 N–H and O–H groups in total. The van der Waals surface area contributed by atoms with Gasteiger partial charge in [0.05, 0.1) is 6.17 Å². The molecule has 3 heteroatoms. The van der Waals surface area contributed by atoms with Gasteiger partial charge in [0.25, 0.3) is 0 Å². The molecule has 2 rings (SSSR count). The van der Waals surface area contributed by atoms with Crippen molar-refractivity contribution in [1.29, 1.82) is 0 Å². The fourth-order valence-corrected chi connectivity index (χ4v) is 3.15. The second-order valence-corrected chi connectivity index (χ2v) is 5.72. The number of alkyl halides is 1. The van der Waals surface area contributed by atoms with Gasteiger partial charge in [-0.2, -0.15) is 0 Å². The Labute approximate surface area is 98.4 Å². The predicted octanol–water partition coefficient (Wildman–Crippen LogP) is 2.53. The first kappa shape index (κ1) is 12.3. The number of halogens is 1. The van der Waals surface area contributed by atoms with E-state index < -0.39 is 6.17 Å². The number of piperidine rings is 1. The highest BCUT2D eigenvalue weighted by Gasteiger charge is 2.28. The van der Waals surface area contributed by atoms with E-state index >= 15 is 0 Å². The fraction of sp³-hybridized carbons (Fsp3) is 1.00. The van der Waals surface area contributed by atoms with Crippen LogP contribution in [-0.2, 0) is 0 Å². The number of rotatable bonds is 2. The van der Waals surface area contributed by atoms with Crippen molar-refractivity contribution in [2.45, 2.75) is 57.8 Å². The van der Waals surface area contributed by atoms with Crippen molar-refractivity contribution >= 4 is 0 Å². The molecule has 1 heterocycles. The minimum absolute atomic E-state index is 0.233. The third-order valence-electron chi connectivity index (χ3n) is 4.38. The van der Waals surface area contributed by atoms with Gasteiger partial charge in [0.1, 0.15) is 6.17 Å². The van der Waals surface area contributed by atoms with Crippen LogP contribution in [0.15, 0.2) is 0 Å². The van der Waals surface area contributed by atoms with Gasteiger partial charge in [-0.15, -0.1) is 0 Å². The molecule has 2 nitrogen and oxygen atoms in total. The Morgan fingerprint density at radius 1 is 1.19 bits per heavy atom. The molecule has 2 unspecified atom stereocenters. The standard InChI is InChI=1S/C13H25FN2/c1-10-3-2-8-16(13(10)15)9-11-4-6-12(14)7-5-11/h10-13H,2-9,15H2,1H3. The maximum atomic E-state index is 13.0. The van der Waals surface area contributed by atoms with E-state index in [0.717, 1.165) is 38.8 Å². The van der Waals surface area contributed by atoms with Crippen LogP contribution >= 0.6 is 0 Å². The molecule has 0 aromatic carbocycles. The highest BCUT2D eigenvalue weighted by Crippen LogP contribution is 2.29. The second-order valence-electron chi connectivity index (χ2n) is 5.72. The first-order valence-corrected chi connectivity index (χ1v) is 6.80. The van der Waals surface area contributed by atoms with Crippen LogP contribution in [0.4, 0.5) is 4.39 Å². The number of likely N-dealkylation sites (tertiary alicyclic amines) is 1. The summed E-state index contributed by atoms with van der Waals surface area (Å²) in [5, 5.41) is 0. The van der Waals surface area contributed by atoms with Gasteiger partial charge >= 0.3 is 0 Å². The smallest absolute Gasteiger partial charge is 0.100 e. The Kier molecular flexibility index (Phi) is 4.20. The quantitative estimate of drug-likeness (QED) is 0.787. The molecule has 0 bridgehead atoms. The van der Waals surface area contributed by atoms with Gasteiger partial charge in [-0.05, 0) is 56.9 Å². The topological polar surface area (TPSA) is 29.3 Å². The lowest BCUT2D eigenvalue weighted by Crippen LogP contribution is -2.51. The van der Waals surface area contributed by atoms with Crippen molar-refractivity contribution in [1.82, 2.24) is 4.90 Å². The average Bonchev–Trinajstić information content (AvgIpc) is 2.28. The monoisotopic (exact) mass is 228 g/mol. The number of hydrogen-bond acceptors (Lipinski definition) is 2. The molecule has 0 spiro atoms. The fourth-order valence-electron chi connectivity index (χ4n) is 3.15. The van der Waals surface area contributed by atoms with Gasteiger partial charge in [0.2, 0.25) is 0 Å². The molecule has 1 aliphatic heterocycles. The number of nitrogens with zero attached hydrogens (tertiary/aromatic N) is 1. The molecule has 0 aromatic rings. The largest absolute Gasteiger partial charge is 0.316 e. The summed E-state index contributed by atoms with van der Waals surface area (Å²) < 4.78 is 13.0. The minimum Gasteiger partial charge on any atom is -0.316 e. The van der Waals surface area contributed by atoms with Crippen molar-refractivity contribution in [3.63, 3.8) is 0 Å². The zero-order chi connectivity index (χ0) is 11.5. The third-order valence-corrected chi connectivity index (χ3v) is 4.38. The average molecular weight is 228 g/mol. The van der Waals surface area contributed by atoms with E-state index in [0.29, 0.717) is 11.8 Å². The van der Waals surface area contributed by atoms with Crippen LogP contribution in [0, 0.1) is 11.8 Å². The van der Waals surface area contributed by atoms with Gasteiger partial charge in [-0.25, -0.2) is 4.39 Å². The Hall–Kier alpha value is -0.150. The first-order chi connectivity index (χ1) is 7.66. The van der Waals surface area contributed by atoms with Crippen LogP contribution < -0.4 is 5.73 Å². The van der Waals surface area contributed by atoms with Crippen LogP contribution in [0.25, 0.3) is 0 Å². The minimum atomic E-state index is -0.537. The predicted molar refractivity (Wildman–Crippen MR) is 64.8 cm³/mol. The van der Waals surface area contributed by atoms with Gasteiger partial charge in [0.15, 0.2) is 0 Å². The summed E-state index contributed by atoms with van der Waals surface area (Å²) in [4.78, 5) is 2.43. The molecule has 0 radical (unpaired) electrons. The first-order valence-electron chi connectivity index (χ1n) is 6.80. The van der Waals surface area contributed by atoms with E-state index in [9.17, 15) is 4.39 Å². The lowest BCUT2D eigenvalue weighted by molar-refractivity contribution is 0.0718. The molecule has 2 aliphatic rings. The molecular weight excluding hydrogens is 203 g/mol. The van der Waals surface area contributed by atoms with Gasteiger partial charge in [0, 0.05) is 6.54 Å². The van der Waals surface area contributed by atoms with Crippen molar-refractivity contribution < 1.29 is 4.39 Å². The van der Waals surface area contributed by atoms with Crippen molar-refractivity contribution in [3.05, 3.63) is 0 Å². The maximum absolute atomic E-state index is 13.0. The molecular formula is C13H25FN2. The molecule has 1 aliphatic carbocycles. The Bertz CT molecular complexity index is 214. The lowest BCUT2D eigenvalue weighted by Gasteiger charge is -2.40. The summed E-state index contributed by atoms with van der Waals surface area (Å²) in [6.45, 7) is 4.48. The summed E-state index contributed by atoms with van der Waals surface area (Å²) in [6.07, 6.45) is 5.87. The second kappa shape index (κ2) is 5.46. The summed E-state index contributed by atoms with van der Waals surface area (Å²) >= 11 is 0. The number of hydrogen-bond donors (Lipinski definition) is 1. The Morgan fingerprint density at radius 2 is 1.88 bits per heavy atom. The molecule has 94 valence electrons. The zero-order valence-electron chi connectivity index (χ0n) is 10.4. The van der Waals surface area contributed by atoms with Crippen molar-refractivity contribution in [3.8, 4) is 0 Å². The van der Waals surface area contributed by atoms with Crippen LogP contribution in [0.2, 0.25) is 0 Å². The highest BCUT2D eigenvalue weighted by molar-refractivity contribution is 4.81. The summed E-state index contributed by atoms with van der Waals surface area (Å²) in [6, 6.07) is 0. The normalized spacial score (nSPS) is 42.2. The maximum Gasteiger partial charge on any atom is 0.100 e. The van der Waals surface area contributed by atoms with E-state index in [-0.39, 0.29) is 6.17 Å². The Balaban J connectivity index is 1.80. The molecule has 1 saturated heterocycles. The van der Waals surface area contributed by atoms with Crippen LogP contribution in [0.1, 0.15) is 45.4 Å². The molecule has 2 atom stereocenters. The van der Waals surface area contributed by atoms with Gasteiger partial charge < -0.3 is 5.73 Å². The zero-order valence-corrected chi connectivity index (χ0v) is 10.4. The third kappa shape index (κ3) is 2.95. The van der Waals surface area contributed by atoms with Crippen molar-refractivity contribution in [2.24, 2.45) is 17.6 Å². The van der Waals surface area contributed by atoms with E-state index in [1.807, 2.05) is 0 Å². The molecule has 0 aromatic heterocycles. The van der Waals surface area contributed by atoms with E-state index in [1.54, 1.807) is 0 Å². The van der Waals surface area contributed by atoms with Gasteiger partial charge in [-0.1, -0.05) is 6.92 Å². The highest BCUT2D eigenvalue weighted by atomic mass is 19.1. The van der Waals surface area contributed by atoms with Gasteiger partial charge in [-0.3, -0.25) is 4.90 Å². The van der Waals surface area contributed by atoms with Crippen molar-refractivity contribution in [2.75, 3.05) is 13.1 Å². The van der Waals surface area contributed by atoms with E-state index in [2.05, 4.69) is 11.8 Å². The SMILES string of the molecule is CC1CCCN(CC2CCC(F)CC2)C1N. The number of nitrogens with two attached hydrogens (primary N) is 1. The molecule has 1 saturated carbocycles. The van der Waals surface area contributed by atoms with E-state index in [1.165, 1.54) is 12.8 Å². The molecule has 0 amide bonds.